The average Bonchev–Trinajstić information content (AvgIpc) is 3.10. The molecule has 0 aliphatic carbocycles. The van der Waals surface area contributed by atoms with Crippen LogP contribution in [-0.4, -0.2) is 23.3 Å². The maximum Gasteiger partial charge on any atom is 0.270 e. The Bertz CT molecular complexity index is 967. The number of nitrogens with one attached hydrogen (secondary N) is 2. The fourth-order valence-electron chi connectivity index (χ4n) is 2.10. The Morgan fingerprint density at radius 2 is 1.88 bits per heavy atom. The summed E-state index contributed by atoms with van der Waals surface area (Å²) in [5.41, 5.74) is 0.862. The first-order valence-corrected chi connectivity index (χ1v) is 8.31. The Hall–Kier alpha value is -3.20. The van der Waals surface area contributed by atoms with Crippen LogP contribution >= 0.6 is 0 Å². The van der Waals surface area contributed by atoms with Crippen LogP contribution in [0.4, 0.5) is 11.4 Å². The molecular formula is C15H12N4O4S. The van der Waals surface area contributed by atoms with Crippen LogP contribution in [0.2, 0.25) is 0 Å². The lowest BCUT2D eigenvalue weighted by Gasteiger charge is -2.08. The molecule has 3 aromatic rings. The molecule has 0 aliphatic heterocycles. The molecule has 24 heavy (non-hydrogen) atoms. The average molecular weight is 344 g/mol. The third-order valence-corrected chi connectivity index (χ3v) is 4.63. The highest BCUT2D eigenvalue weighted by Gasteiger charge is 2.17. The van der Waals surface area contributed by atoms with Gasteiger partial charge in [0.15, 0.2) is 0 Å². The van der Waals surface area contributed by atoms with E-state index >= 15 is 0 Å². The molecule has 2 aromatic carbocycles. The minimum atomic E-state index is -3.91. The Morgan fingerprint density at radius 3 is 2.50 bits per heavy atom. The number of aromatic nitrogens is 2. The lowest BCUT2D eigenvalue weighted by Crippen LogP contribution is -2.13. The van der Waals surface area contributed by atoms with Gasteiger partial charge in [0.25, 0.3) is 15.7 Å². The van der Waals surface area contributed by atoms with Crippen LogP contribution < -0.4 is 4.72 Å². The van der Waals surface area contributed by atoms with Crippen molar-refractivity contribution in [1.82, 2.24) is 9.97 Å². The summed E-state index contributed by atoms with van der Waals surface area (Å²) < 4.78 is 27.1. The van der Waals surface area contributed by atoms with Crippen molar-refractivity contribution >= 4 is 21.4 Å². The van der Waals surface area contributed by atoms with Crippen LogP contribution in [0.3, 0.4) is 0 Å². The fourth-order valence-corrected chi connectivity index (χ4v) is 3.20. The standard InChI is InChI=1S/C15H12N4O4S/c20-19(21)13-2-1-3-14(10-13)24(22,23)18-12-6-4-11(5-7-12)15-16-8-9-17-15/h1-10,18H,(H,16,17). The Morgan fingerprint density at radius 1 is 1.12 bits per heavy atom. The van der Waals surface area contributed by atoms with E-state index in [4.69, 9.17) is 0 Å². The Labute approximate surface area is 137 Å². The number of benzene rings is 2. The molecule has 0 bridgehead atoms. The van der Waals surface area contributed by atoms with Crippen LogP contribution in [0.25, 0.3) is 11.4 Å². The maximum absolute atomic E-state index is 12.3. The maximum atomic E-state index is 12.3. The number of hydrogen-bond donors (Lipinski definition) is 2. The third kappa shape index (κ3) is 3.25. The zero-order chi connectivity index (χ0) is 17.2. The van der Waals surface area contributed by atoms with Crippen molar-refractivity contribution in [2.45, 2.75) is 4.90 Å². The monoisotopic (exact) mass is 344 g/mol. The Balaban J connectivity index is 1.84. The van der Waals surface area contributed by atoms with Gasteiger partial charge < -0.3 is 4.98 Å². The first-order valence-electron chi connectivity index (χ1n) is 6.83. The highest BCUT2D eigenvalue weighted by molar-refractivity contribution is 7.92. The van der Waals surface area contributed by atoms with Crippen molar-refractivity contribution in [3.8, 4) is 11.4 Å². The van der Waals surface area contributed by atoms with E-state index in [1.54, 1.807) is 36.7 Å². The van der Waals surface area contributed by atoms with Gasteiger partial charge in [-0.05, 0) is 30.3 Å². The van der Waals surface area contributed by atoms with Crippen LogP contribution in [-0.2, 0) is 10.0 Å². The molecule has 0 amide bonds. The molecule has 0 unspecified atom stereocenters. The predicted octanol–water partition coefficient (Wildman–Crippen LogP) is 2.79. The van der Waals surface area contributed by atoms with E-state index in [9.17, 15) is 18.5 Å². The second-order valence-corrected chi connectivity index (χ2v) is 6.56. The molecule has 3 rings (SSSR count). The third-order valence-electron chi connectivity index (χ3n) is 3.25. The van der Waals surface area contributed by atoms with E-state index in [0.717, 1.165) is 11.6 Å². The van der Waals surface area contributed by atoms with Gasteiger partial charge in [-0.25, -0.2) is 13.4 Å². The van der Waals surface area contributed by atoms with Crippen LogP contribution in [0, 0.1) is 10.1 Å². The summed E-state index contributed by atoms with van der Waals surface area (Å²) in [4.78, 5) is 17.0. The number of hydrogen-bond acceptors (Lipinski definition) is 5. The molecule has 0 saturated heterocycles. The number of nitro benzene ring substituents is 1. The van der Waals surface area contributed by atoms with Crippen LogP contribution in [0.15, 0.2) is 65.8 Å². The van der Waals surface area contributed by atoms with E-state index in [2.05, 4.69) is 14.7 Å². The van der Waals surface area contributed by atoms with E-state index in [1.165, 1.54) is 18.2 Å². The number of imidazole rings is 1. The number of rotatable bonds is 5. The van der Waals surface area contributed by atoms with Gasteiger partial charge in [-0.1, -0.05) is 6.07 Å². The lowest BCUT2D eigenvalue weighted by atomic mass is 10.2. The highest BCUT2D eigenvalue weighted by Crippen LogP contribution is 2.22. The van der Waals surface area contributed by atoms with Gasteiger partial charge in [-0.3, -0.25) is 14.8 Å². The van der Waals surface area contributed by atoms with E-state index in [1.807, 2.05) is 0 Å². The van der Waals surface area contributed by atoms with Gasteiger partial charge in [0.05, 0.1) is 9.82 Å². The molecule has 1 heterocycles. The summed E-state index contributed by atoms with van der Waals surface area (Å²) in [5.74, 6) is 0.670. The Kier molecular flexibility index (Phi) is 4.00. The molecule has 0 fully saturated rings. The summed E-state index contributed by atoms with van der Waals surface area (Å²) in [6.07, 6.45) is 3.31. The summed E-state index contributed by atoms with van der Waals surface area (Å²) >= 11 is 0. The molecule has 0 aliphatic rings. The number of non-ortho nitro benzene ring substituents is 1. The normalized spacial score (nSPS) is 11.2. The van der Waals surface area contributed by atoms with Gasteiger partial charge in [0.2, 0.25) is 0 Å². The molecule has 2 N–H and O–H groups in total. The van der Waals surface area contributed by atoms with Crippen molar-refractivity contribution in [3.05, 3.63) is 71.0 Å². The SMILES string of the molecule is O=[N+]([O-])c1cccc(S(=O)(=O)Nc2ccc(-c3ncc[nH]3)cc2)c1. The molecule has 0 spiro atoms. The predicted molar refractivity (Wildman–Crippen MR) is 87.9 cm³/mol. The minimum Gasteiger partial charge on any atom is -0.345 e. The fraction of sp³-hybridized carbons (Fsp3) is 0. The van der Waals surface area contributed by atoms with E-state index in [0.29, 0.717) is 11.5 Å². The van der Waals surface area contributed by atoms with Crippen LogP contribution in [0.1, 0.15) is 0 Å². The minimum absolute atomic E-state index is 0.174. The zero-order valence-corrected chi connectivity index (χ0v) is 13.0. The number of H-pyrrole nitrogens is 1. The van der Waals surface area contributed by atoms with Crippen molar-refractivity contribution in [3.63, 3.8) is 0 Å². The number of aromatic amines is 1. The summed E-state index contributed by atoms with van der Waals surface area (Å²) in [6.45, 7) is 0. The first kappa shape index (κ1) is 15.7. The smallest absolute Gasteiger partial charge is 0.270 e. The molecular weight excluding hydrogens is 332 g/mol. The van der Waals surface area contributed by atoms with E-state index in [-0.39, 0.29) is 10.6 Å². The molecule has 0 saturated carbocycles. The molecule has 8 nitrogen and oxygen atoms in total. The van der Waals surface area contributed by atoms with Gasteiger partial charge in [-0.2, -0.15) is 0 Å². The van der Waals surface area contributed by atoms with Crippen molar-refractivity contribution < 1.29 is 13.3 Å². The van der Waals surface area contributed by atoms with Gasteiger partial charge in [0.1, 0.15) is 5.82 Å². The summed E-state index contributed by atoms with van der Waals surface area (Å²) in [5, 5.41) is 10.8. The van der Waals surface area contributed by atoms with Crippen LogP contribution in [0.5, 0.6) is 0 Å². The van der Waals surface area contributed by atoms with Gasteiger partial charge in [-0.15, -0.1) is 0 Å². The zero-order valence-electron chi connectivity index (χ0n) is 12.2. The largest absolute Gasteiger partial charge is 0.345 e. The van der Waals surface area contributed by atoms with Crippen molar-refractivity contribution in [1.29, 1.82) is 0 Å². The lowest BCUT2D eigenvalue weighted by molar-refractivity contribution is -0.385. The number of sulfonamides is 1. The molecule has 1 aromatic heterocycles. The molecule has 0 radical (unpaired) electrons. The highest BCUT2D eigenvalue weighted by atomic mass is 32.2. The second kappa shape index (κ2) is 6.13. The second-order valence-electron chi connectivity index (χ2n) is 4.88. The van der Waals surface area contributed by atoms with Gasteiger partial charge >= 0.3 is 0 Å². The number of nitro groups is 1. The summed E-state index contributed by atoms with van der Waals surface area (Å²) in [7, 11) is -3.91. The van der Waals surface area contributed by atoms with E-state index < -0.39 is 14.9 Å². The van der Waals surface area contributed by atoms with Crippen molar-refractivity contribution in [2.75, 3.05) is 4.72 Å². The summed E-state index contributed by atoms with van der Waals surface area (Å²) in [6, 6.07) is 11.5. The number of nitrogens with zero attached hydrogens (tertiary/aromatic N) is 2. The van der Waals surface area contributed by atoms with Crippen molar-refractivity contribution in [2.24, 2.45) is 0 Å². The molecule has 9 heteroatoms. The topological polar surface area (TPSA) is 118 Å². The molecule has 122 valence electrons. The van der Waals surface area contributed by atoms with Gasteiger partial charge in [0, 0.05) is 35.8 Å². The quantitative estimate of drug-likeness (QED) is 0.545. The number of anilines is 1. The molecule has 0 atom stereocenters. The first-order chi connectivity index (χ1) is 11.5.